The number of aromatic hydroxyl groups is 1. The van der Waals surface area contributed by atoms with E-state index in [9.17, 15) is 20.1 Å². The molecule has 0 saturated carbocycles. The van der Waals surface area contributed by atoms with Crippen molar-refractivity contribution in [2.45, 2.75) is 18.8 Å². The van der Waals surface area contributed by atoms with Gasteiger partial charge in [-0.15, -0.1) is 0 Å². The molecule has 0 bridgehead atoms. The normalized spacial score (nSPS) is 13.1. The van der Waals surface area contributed by atoms with Crippen molar-refractivity contribution in [3.63, 3.8) is 0 Å². The summed E-state index contributed by atoms with van der Waals surface area (Å²) >= 11 is 0. The molecule has 0 heterocycles. The largest absolute Gasteiger partial charge is 0.508 e. The van der Waals surface area contributed by atoms with Gasteiger partial charge in [0.1, 0.15) is 24.6 Å². The van der Waals surface area contributed by atoms with Crippen molar-refractivity contribution in [2.24, 2.45) is 0 Å². The Hall–Kier alpha value is -2.77. The Labute approximate surface area is 139 Å². The van der Waals surface area contributed by atoms with Gasteiger partial charge in [-0.3, -0.25) is 0 Å². The molecule has 0 saturated heterocycles. The van der Waals surface area contributed by atoms with Crippen molar-refractivity contribution in [1.82, 2.24) is 5.32 Å². The number of ether oxygens (including phenoxy) is 1. The number of carbonyl (C=O) groups is 1. The second kappa shape index (κ2) is 8.19. The van der Waals surface area contributed by atoms with Crippen molar-refractivity contribution < 1.29 is 24.9 Å². The molecule has 2 atom stereocenters. The number of alkyl carbamates (subject to hydrolysis) is 1. The summed E-state index contributed by atoms with van der Waals surface area (Å²) in [4.78, 5) is 11.6. The summed E-state index contributed by atoms with van der Waals surface area (Å²) < 4.78 is 4.99. The summed E-state index contributed by atoms with van der Waals surface area (Å²) in [7, 11) is 0. The lowest BCUT2D eigenvalue weighted by Crippen LogP contribution is -2.35. The average molecular weight is 332 g/mol. The average Bonchev–Trinajstić information content (AvgIpc) is 2.60. The summed E-state index contributed by atoms with van der Waals surface area (Å²) in [5.41, 5.74) is 6.84. The van der Waals surface area contributed by atoms with Gasteiger partial charge in [0.25, 0.3) is 0 Å². The van der Waals surface area contributed by atoms with E-state index in [2.05, 4.69) is 5.32 Å². The summed E-state index contributed by atoms with van der Waals surface area (Å²) in [6, 6.07) is 13.3. The molecule has 0 spiro atoms. The third-order valence-corrected chi connectivity index (χ3v) is 3.40. The highest BCUT2D eigenvalue weighted by Crippen LogP contribution is 2.28. The molecule has 0 aliphatic rings. The number of nitrogens with one attached hydrogen (secondary N) is 1. The van der Waals surface area contributed by atoms with Gasteiger partial charge in [0.15, 0.2) is 0 Å². The van der Waals surface area contributed by atoms with Crippen LogP contribution in [-0.4, -0.2) is 34.1 Å². The fourth-order valence-corrected chi connectivity index (χ4v) is 2.09. The molecule has 0 fully saturated rings. The number of carbonyl (C=O) groups excluding carboxylic acids is 1. The molecule has 7 heteroatoms. The van der Waals surface area contributed by atoms with Crippen LogP contribution in [0.25, 0.3) is 0 Å². The predicted octanol–water partition coefficient (Wildman–Crippen LogP) is 1.30. The Morgan fingerprint density at radius 1 is 1.17 bits per heavy atom. The van der Waals surface area contributed by atoms with E-state index in [0.717, 1.165) is 5.56 Å². The highest BCUT2D eigenvalue weighted by molar-refractivity contribution is 5.67. The minimum Gasteiger partial charge on any atom is -0.508 e. The van der Waals surface area contributed by atoms with Crippen LogP contribution in [0.4, 0.5) is 10.5 Å². The maximum Gasteiger partial charge on any atom is 0.407 e. The third-order valence-electron chi connectivity index (χ3n) is 3.40. The lowest BCUT2D eigenvalue weighted by molar-refractivity contribution is 0.0172. The zero-order chi connectivity index (χ0) is 17.5. The van der Waals surface area contributed by atoms with E-state index in [0.29, 0.717) is 5.69 Å². The number of hydrogen-bond donors (Lipinski definition) is 5. The van der Waals surface area contributed by atoms with Crippen LogP contribution in [0.3, 0.4) is 0 Å². The number of amides is 1. The minimum atomic E-state index is -1.40. The van der Waals surface area contributed by atoms with Gasteiger partial charge in [-0.05, 0) is 23.8 Å². The van der Waals surface area contributed by atoms with Crippen LogP contribution in [0.1, 0.15) is 17.2 Å². The van der Waals surface area contributed by atoms with Gasteiger partial charge in [-0.2, -0.15) is 0 Å². The van der Waals surface area contributed by atoms with E-state index in [-0.39, 0.29) is 24.5 Å². The van der Waals surface area contributed by atoms with Gasteiger partial charge in [0.2, 0.25) is 0 Å². The van der Waals surface area contributed by atoms with Crippen LogP contribution in [0.5, 0.6) is 5.75 Å². The zero-order valence-corrected chi connectivity index (χ0v) is 12.9. The summed E-state index contributed by atoms with van der Waals surface area (Å²) in [6.45, 7) is -0.148. The molecule has 2 aromatic carbocycles. The smallest absolute Gasteiger partial charge is 0.407 e. The van der Waals surface area contributed by atoms with E-state index in [1.165, 1.54) is 18.2 Å². The summed E-state index contributed by atoms with van der Waals surface area (Å²) in [6.07, 6.45) is -3.45. The van der Waals surface area contributed by atoms with Crippen LogP contribution in [-0.2, 0) is 11.3 Å². The second-order valence-corrected chi connectivity index (χ2v) is 5.27. The molecule has 2 aromatic rings. The second-order valence-electron chi connectivity index (χ2n) is 5.27. The fraction of sp³-hybridized carbons (Fsp3) is 0.235. The molecule has 0 aliphatic heterocycles. The Morgan fingerprint density at radius 3 is 2.58 bits per heavy atom. The lowest BCUT2D eigenvalue weighted by atomic mass is 10.0. The number of benzene rings is 2. The molecule has 7 nitrogen and oxygen atoms in total. The first-order valence-electron chi connectivity index (χ1n) is 7.36. The van der Waals surface area contributed by atoms with E-state index >= 15 is 0 Å². The van der Waals surface area contributed by atoms with Crippen molar-refractivity contribution in [1.29, 1.82) is 0 Å². The molecular formula is C17H20N2O5. The molecule has 0 radical (unpaired) electrons. The van der Waals surface area contributed by atoms with E-state index in [4.69, 9.17) is 10.5 Å². The molecule has 0 aliphatic carbocycles. The number of aliphatic hydroxyl groups is 2. The number of nitrogen functional groups attached to an aromatic ring is 1. The van der Waals surface area contributed by atoms with E-state index in [1.807, 2.05) is 30.3 Å². The van der Waals surface area contributed by atoms with Gasteiger partial charge < -0.3 is 31.1 Å². The number of aliphatic hydroxyl groups excluding tert-OH is 2. The van der Waals surface area contributed by atoms with Crippen molar-refractivity contribution in [2.75, 3.05) is 12.3 Å². The summed E-state index contributed by atoms with van der Waals surface area (Å²) in [5, 5.41) is 32.1. The molecule has 24 heavy (non-hydrogen) atoms. The highest BCUT2D eigenvalue weighted by Gasteiger charge is 2.22. The first-order chi connectivity index (χ1) is 11.5. The number of rotatable bonds is 6. The van der Waals surface area contributed by atoms with Crippen molar-refractivity contribution in [3.8, 4) is 5.75 Å². The standard InChI is InChI=1S/C17H20N2O5/c18-12-6-7-14(20)13(8-12)16(22)15(21)9-19-17(23)24-10-11-4-2-1-3-5-11/h1-8,15-16,20-22H,9-10,18H2,(H,19,23). The fourth-order valence-electron chi connectivity index (χ4n) is 2.09. The Morgan fingerprint density at radius 2 is 1.88 bits per heavy atom. The topological polar surface area (TPSA) is 125 Å². The number of anilines is 1. The van der Waals surface area contributed by atoms with Gasteiger partial charge in [0, 0.05) is 17.8 Å². The predicted molar refractivity (Wildman–Crippen MR) is 88.1 cm³/mol. The van der Waals surface area contributed by atoms with E-state index in [1.54, 1.807) is 0 Å². The van der Waals surface area contributed by atoms with Crippen LogP contribution < -0.4 is 11.1 Å². The minimum absolute atomic E-state index is 0.0851. The molecule has 2 unspecified atom stereocenters. The number of nitrogens with two attached hydrogens (primary N) is 1. The molecular weight excluding hydrogens is 312 g/mol. The maximum atomic E-state index is 11.6. The number of phenols is 1. The molecule has 1 amide bonds. The van der Waals surface area contributed by atoms with Gasteiger partial charge in [-0.1, -0.05) is 30.3 Å². The monoisotopic (exact) mass is 332 g/mol. The molecule has 0 aromatic heterocycles. The first kappa shape index (κ1) is 17.6. The van der Waals surface area contributed by atoms with Crippen molar-refractivity contribution >= 4 is 11.8 Å². The highest BCUT2D eigenvalue weighted by atomic mass is 16.5. The molecule has 2 rings (SSSR count). The maximum absolute atomic E-state index is 11.6. The van der Waals surface area contributed by atoms with Gasteiger partial charge in [0.05, 0.1) is 0 Å². The van der Waals surface area contributed by atoms with Gasteiger partial charge >= 0.3 is 6.09 Å². The Kier molecular flexibility index (Phi) is 6.00. The lowest BCUT2D eigenvalue weighted by Gasteiger charge is -2.19. The Bertz CT molecular complexity index is 678. The number of phenolic OH excluding ortho intramolecular Hbond substituents is 1. The third kappa shape index (κ3) is 4.87. The van der Waals surface area contributed by atoms with Crippen molar-refractivity contribution in [3.05, 3.63) is 59.7 Å². The number of hydrogen-bond acceptors (Lipinski definition) is 6. The van der Waals surface area contributed by atoms with E-state index < -0.39 is 18.3 Å². The van der Waals surface area contributed by atoms with Crippen LogP contribution >= 0.6 is 0 Å². The zero-order valence-electron chi connectivity index (χ0n) is 12.9. The van der Waals surface area contributed by atoms with Crippen LogP contribution in [0, 0.1) is 0 Å². The molecule has 128 valence electrons. The van der Waals surface area contributed by atoms with Gasteiger partial charge in [-0.25, -0.2) is 4.79 Å². The SMILES string of the molecule is Nc1ccc(O)c(C(O)C(O)CNC(=O)OCc2ccccc2)c1. The quantitative estimate of drug-likeness (QED) is 0.401. The first-order valence-corrected chi connectivity index (χ1v) is 7.36. The Balaban J connectivity index is 1.82. The van der Waals surface area contributed by atoms with Crippen LogP contribution in [0.2, 0.25) is 0 Å². The van der Waals surface area contributed by atoms with Crippen LogP contribution in [0.15, 0.2) is 48.5 Å². The molecule has 6 N–H and O–H groups in total. The summed E-state index contributed by atoms with van der Waals surface area (Å²) in [5.74, 6) is -0.192.